The lowest BCUT2D eigenvalue weighted by atomic mass is 9.86. The van der Waals surface area contributed by atoms with Crippen LogP contribution in [0.4, 0.5) is 0 Å². The Balaban J connectivity index is 2.36. The number of hydrogen-bond acceptors (Lipinski definition) is 4. The Morgan fingerprint density at radius 1 is 1.10 bits per heavy atom. The van der Waals surface area contributed by atoms with E-state index in [2.05, 4.69) is 42.6 Å². The van der Waals surface area contributed by atoms with Crippen molar-refractivity contribution in [1.29, 1.82) is 0 Å². The van der Waals surface area contributed by atoms with Gasteiger partial charge in [-0.15, -0.1) is 0 Å². The lowest BCUT2D eigenvalue weighted by molar-refractivity contribution is 0.253. The Morgan fingerprint density at radius 2 is 1.65 bits per heavy atom. The molecule has 1 heterocycles. The molecular weight excluding hydrogens is 274 g/mol. The Morgan fingerprint density at radius 3 is 2.15 bits per heavy atom. The van der Waals surface area contributed by atoms with Gasteiger partial charge in [0.05, 0.1) is 5.75 Å². The first-order valence-electron chi connectivity index (χ1n) is 7.72. The smallest absolute Gasteiger partial charge is 0.212 e. The van der Waals surface area contributed by atoms with E-state index in [0.29, 0.717) is 30.8 Å². The van der Waals surface area contributed by atoms with Crippen LogP contribution in [-0.2, 0) is 10.0 Å². The highest BCUT2D eigenvalue weighted by Crippen LogP contribution is 2.19. The van der Waals surface area contributed by atoms with Crippen LogP contribution in [-0.4, -0.2) is 58.3 Å². The standard InChI is InChI=1S/C14H31N3O2S/c1-12(2)14(13(3)4)11-16-20(18,19)10-9-17-7-5-15-6-8-17/h12-16H,5-11H2,1-4H3. The number of hydrogen-bond donors (Lipinski definition) is 2. The molecule has 0 radical (unpaired) electrons. The summed E-state index contributed by atoms with van der Waals surface area (Å²) in [5.74, 6) is 1.58. The molecule has 0 unspecified atom stereocenters. The lowest BCUT2D eigenvalue weighted by Crippen LogP contribution is -2.46. The summed E-state index contributed by atoms with van der Waals surface area (Å²) in [5, 5.41) is 3.27. The predicted molar refractivity (Wildman–Crippen MR) is 84.3 cm³/mol. The van der Waals surface area contributed by atoms with E-state index in [-0.39, 0.29) is 5.75 Å². The minimum atomic E-state index is -3.16. The molecule has 0 aromatic heterocycles. The fourth-order valence-corrected chi connectivity index (χ4v) is 3.81. The van der Waals surface area contributed by atoms with Gasteiger partial charge in [-0.3, -0.25) is 4.90 Å². The maximum absolute atomic E-state index is 12.1. The zero-order chi connectivity index (χ0) is 15.2. The molecule has 0 aromatic carbocycles. The Labute approximate surface area is 124 Å². The molecule has 1 saturated heterocycles. The fourth-order valence-electron chi connectivity index (χ4n) is 2.72. The second-order valence-electron chi connectivity index (χ2n) is 6.41. The Bertz CT molecular complexity index is 355. The number of sulfonamides is 1. The minimum absolute atomic E-state index is 0.204. The van der Waals surface area contributed by atoms with Crippen LogP contribution in [0, 0.1) is 17.8 Å². The van der Waals surface area contributed by atoms with Crippen LogP contribution in [0.1, 0.15) is 27.7 Å². The van der Waals surface area contributed by atoms with Crippen molar-refractivity contribution in [2.45, 2.75) is 27.7 Å². The van der Waals surface area contributed by atoms with Gasteiger partial charge >= 0.3 is 0 Å². The average molecular weight is 305 g/mol. The molecule has 0 amide bonds. The van der Waals surface area contributed by atoms with Crippen LogP contribution in [0.25, 0.3) is 0 Å². The van der Waals surface area contributed by atoms with Crippen molar-refractivity contribution in [3.05, 3.63) is 0 Å². The molecule has 0 atom stereocenters. The minimum Gasteiger partial charge on any atom is -0.314 e. The first-order chi connectivity index (χ1) is 9.32. The summed E-state index contributed by atoms with van der Waals surface area (Å²) < 4.78 is 26.9. The van der Waals surface area contributed by atoms with Gasteiger partial charge in [0.2, 0.25) is 10.0 Å². The molecule has 0 bridgehead atoms. The third-order valence-corrected chi connectivity index (χ3v) is 5.46. The number of nitrogens with one attached hydrogen (secondary N) is 2. The van der Waals surface area contributed by atoms with E-state index in [1.807, 2.05) is 0 Å². The van der Waals surface area contributed by atoms with Crippen LogP contribution in [0.3, 0.4) is 0 Å². The maximum atomic E-state index is 12.1. The second kappa shape index (κ2) is 8.32. The van der Waals surface area contributed by atoms with Crippen molar-refractivity contribution in [3.63, 3.8) is 0 Å². The van der Waals surface area contributed by atoms with E-state index >= 15 is 0 Å². The van der Waals surface area contributed by atoms with Crippen LogP contribution in [0.2, 0.25) is 0 Å². The highest BCUT2D eigenvalue weighted by Gasteiger charge is 2.21. The highest BCUT2D eigenvalue weighted by molar-refractivity contribution is 7.89. The van der Waals surface area contributed by atoms with E-state index in [4.69, 9.17) is 0 Å². The van der Waals surface area contributed by atoms with Gasteiger partial charge in [-0.2, -0.15) is 0 Å². The van der Waals surface area contributed by atoms with Gasteiger partial charge in [0.1, 0.15) is 0 Å². The largest absolute Gasteiger partial charge is 0.314 e. The van der Waals surface area contributed by atoms with E-state index < -0.39 is 10.0 Å². The summed E-state index contributed by atoms with van der Waals surface area (Å²) in [6.07, 6.45) is 0. The SMILES string of the molecule is CC(C)C(CNS(=O)(=O)CCN1CCNCC1)C(C)C. The van der Waals surface area contributed by atoms with Gasteiger partial charge in [-0.25, -0.2) is 13.1 Å². The topological polar surface area (TPSA) is 61.4 Å². The molecule has 1 aliphatic heterocycles. The van der Waals surface area contributed by atoms with E-state index in [1.165, 1.54) is 0 Å². The third kappa shape index (κ3) is 6.52. The number of rotatable bonds is 8. The molecule has 120 valence electrons. The second-order valence-corrected chi connectivity index (χ2v) is 8.34. The van der Waals surface area contributed by atoms with Gasteiger partial charge in [0, 0.05) is 39.3 Å². The first kappa shape index (κ1) is 17.9. The van der Waals surface area contributed by atoms with Crippen LogP contribution < -0.4 is 10.0 Å². The first-order valence-corrected chi connectivity index (χ1v) is 9.37. The molecule has 2 N–H and O–H groups in total. The van der Waals surface area contributed by atoms with E-state index in [9.17, 15) is 8.42 Å². The zero-order valence-electron chi connectivity index (χ0n) is 13.4. The van der Waals surface area contributed by atoms with Gasteiger partial charge in [-0.1, -0.05) is 27.7 Å². The van der Waals surface area contributed by atoms with E-state index in [0.717, 1.165) is 26.2 Å². The van der Waals surface area contributed by atoms with Gasteiger partial charge in [-0.05, 0) is 17.8 Å². The van der Waals surface area contributed by atoms with Crippen molar-refractivity contribution in [1.82, 2.24) is 14.9 Å². The monoisotopic (exact) mass is 305 g/mol. The molecule has 0 aliphatic carbocycles. The molecular formula is C14H31N3O2S. The van der Waals surface area contributed by atoms with Crippen LogP contribution in [0.15, 0.2) is 0 Å². The summed E-state index contributed by atoms with van der Waals surface area (Å²) in [4.78, 5) is 2.21. The summed E-state index contributed by atoms with van der Waals surface area (Å²) in [6.45, 7) is 13.6. The van der Waals surface area contributed by atoms with Gasteiger partial charge < -0.3 is 5.32 Å². The molecule has 6 heteroatoms. The molecule has 0 spiro atoms. The van der Waals surface area contributed by atoms with Crippen molar-refractivity contribution >= 4 is 10.0 Å². The molecule has 20 heavy (non-hydrogen) atoms. The van der Waals surface area contributed by atoms with Gasteiger partial charge in [0.15, 0.2) is 0 Å². The summed E-state index contributed by atoms with van der Waals surface area (Å²) in [6, 6.07) is 0. The molecule has 1 aliphatic rings. The van der Waals surface area contributed by atoms with Crippen LogP contribution in [0.5, 0.6) is 0 Å². The van der Waals surface area contributed by atoms with E-state index in [1.54, 1.807) is 0 Å². The van der Waals surface area contributed by atoms with Crippen molar-refractivity contribution < 1.29 is 8.42 Å². The maximum Gasteiger partial charge on any atom is 0.212 e. The number of nitrogens with zero attached hydrogens (tertiary/aromatic N) is 1. The Kier molecular flexibility index (Phi) is 7.43. The predicted octanol–water partition coefficient (Wildman–Crippen LogP) is 0.739. The molecule has 0 saturated carbocycles. The number of piperazine rings is 1. The molecule has 5 nitrogen and oxygen atoms in total. The Hall–Kier alpha value is -0.170. The molecule has 1 fully saturated rings. The summed E-state index contributed by atoms with van der Waals surface area (Å²) in [7, 11) is -3.16. The molecule has 1 rings (SSSR count). The zero-order valence-corrected chi connectivity index (χ0v) is 14.2. The van der Waals surface area contributed by atoms with Gasteiger partial charge in [0.25, 0.3) is 0 Å². The van der Waals surface area contributed by atoms with Crippen molar-refractivity contribution in [3.8, 4) is 0 Å². The lowest BCUT2D eigenvalue weighted by Gasteiger charge is -2.28. The van der Waals surface area contributed by atoms with Crippen molar-refractivity contribution in [2.75, 3.05) is 45.0 Å². The highest BCUT2D eigenvalue weighted by atomic mass is 32.2. The summed E-state index contributed by atoms with van der Waals surface area (Å²) >= 11 is 0. The average Bonchev–Trinajstić information content (AvgIpc) is 2.37. The molecule has 0 aromatic rings. The van der Waals surface area contributed by atoms with Crippen LogP contribution >= 0.6 is 0 Å². The normalized spacial score (nSPS) is 18.4. The van der Waals surface area contributed by atoms with Crippen molar-refractivity contribution in [2.24, 2.45) is 17.8 Å². The summed E-state index contributed by atoms with van der Waals surface area (Å²) in [5.41, 5.74) is 0. The quantitative estimate of drug-likeness (QED) is 0.694. The third-order valence-electron chi connectivity index (χ3n) is 4.14. The fraction of sp³-hybridized carbons (Fsp3) is 1.00.